The standard InChI is InChI=1S/C26H35N3O3/c1-19-7-12-23(27-18-19)28-25(31)20-13-15-29(16-14-20)24(30)6-5-17-32-22-10-8-21(9-11-22)26(2,3)4/h7-12,18,20H,5-6,13-17H2,1-4H3,(H,27,28,31). The molecule has 1 aromatic carbocycles. The first-order chi connectivity index (χ1) is 15.2. The molecule has 0 atom stereocenters. The van der Waals surface area contributed by atoms with E-state index < -0.39 is 0 Å². The summed E-state index contributed by atoms with van der Waals surface area (Å²) in [7, 11) is 0. The molecule has 0 aliphatic carbocycles. The van der Waals surface area contributed by atoms with Gasteiger partial charge in [0.2, 0.25) is 11.8 Å². The minimum Gasteiger partial charge on any atom is -0.494 e. The maximum Gasteiger partial charge on any atom is 0.228 e. The van der Waals surface area contributed by atoms with Gasteiger partial charge in [-0.1, -0.05) is 39.0 Å². The zero-order valence-corrected chi connectivity index (χ0v) is 19.7. The Morgan fingerprint density at radius 2 is 1.78 bits per heavy atom. The van der Waals surface area contributed by atoms with E-state index in [1.165, 1.54) is 5.56 Å². The minimum absolute atomic E-state index is 0.0145. The first-order valence-electron chi connectivity index (χ1n) is 11.5. The normalized spacial score (nSPS) is 14.8. The molecule has 2 heterocycles. The number of pyridine rings is 1. The fourth-order valence-corrected chi connectivity index (χ4v) is 3.78. The molecule has 0 spiro atoms. The van der Waals surface area contributed by atoms with Crippen LogP contribution in [0.3, 0.4) is 0 Å². The number of likely N-dealkylation sites (tertiary alicyclic amines) is 1. The SMILES string of the molecule is Cc1ccc(NC(=O)C2CCN(C(=O)CCCOc3ccc(C(C)(C)C)cc3)CC2)nc1. The van der Waals surface area contributed by atoms with Gasteiger partial charge in [0.25, 0.3) is 0 Å². The fraction of sp³-hybridized carbons (Fsp3) is 0.500. The van der Waals surface area contributed by atoms with E-state index in [2.05, 4.69) is 43.2 Å². The molecule has 1 aliphatic heterocycles. The Morgan fingerprint density at radius 3 is 2.38 bits per heavy atom. The van der Waals surface area contributed by atoms with Crippen LogP contribution in [0.25, 0.3) is 0 Å². The van der Waals surface area contributed by atoms with Gasteiger partial charge in [0, 0.05) is 31.6 Å². The first-order valence-corrected chi connectivity index (χ1v) is 11.5. The average molecular weight is 438 g/mol. The van der Waals surface area contributed by atoms with Crippen molar-refractivity contribution in [3.05, 3.63) is 53.7 Å². The molecule has 32 heavy (non-hydrogen) atoms. The topological polar surface area (TPSA) is 71.5 Å². The summed E-state index contributed by atoms with van der Waals surface area (Å²) in [6, 6.07) is 11.9. The second-order valence-electron chi connectivity index (χ2n) is 9.59. The number of aryl methyl sites for hydroxylation is 1. The summed E-state index contributed by atoms with van der Waals surface area (Å²) < 4.78 is 5.79. The van der Waals surface area contributed by atoms with Gasteiger partial charge >= 0.3 is 0 Å². The second kappa shape index (κ2) is 10.6. The second-order valence-corrected chi connectivity index (χ2v) is 9.59. The summed E-state index contributed by atoms with van der Waals surface area (Å²) >= 11 is 0. The molecule has 2 amide bonds. The number of piperidine rings is 1. The molecule has 1 saturated heterocycles. The Balaban J connectivity index is 1.34. The Hall–Kier alpha value is -2.89. The van der Waals surface area contributed by atoms with E-state index in [1.54, 1.807) is 6.20 Å². The van der Waals surface area contributed by atoms with Crippen molar-refractivity contribution < 1.29 is 14.3 Å². The predicted octanol–water partition coefficient (Wildman–Crippen LogP) is 4.72. The van der Waals surface area contributed by atoms with Crippen LogP contribution in [0, 0.1) is 12.8 Å². The molecule has 6 nitrogen and oxygen atoms in total. The van der Waals surface area contributed by atoms with E-state index in [0.29, 0.717) is 51.2 Å². The van der Waals surface area contributed by atoms with Gasteiger partial charge in [-0.3, -0.25) is 9.59 Å². The highest BCUT2D eigenvalue weighted by molar-refractivity contribution is 5.91. The largest absolute Gasteiger partial charge is 0.494 e. The molecule has 1 aliphatic rings. The van der Waals surface area contributed by atoms with Crippen LogP contribution in [-0.2, 0) is 15.0 Å². The summed E-state index contributed by atoms with van der Waals surface area (Å²) in [4.78, 5) is 31.1. The number of amides is 2. The van der Waals surface area contributed by atoms with Crippen LogP contribution in [0.1, 0.15) is 57.6 Å². The highest BCUT2D eigenvalue weighted by Crippen LogP contribution is 2.24. The van der Waals surface area contributed by atoms with Crippen LogP contribution < -0.4 is 10.1 Å². The molecule has 1 aromatic heterocycles. The Kier molecular flexibility index (Phi) is 7.89. The zero-order valence-electron chi connectivity index (χ0n) is 19.7. The van der Waals surface area contributed by atoms with Crippen molar-refractivity contribution in [3.8, 4) is 5.75 Å². The smallest absolute Gasteiger partial charge is 0.228 e. The number of carbonyl (C=O) groups is 2. The number of nitrogens with zero attached hydrogens (tertiary/aromatic N) is 2. The molecule has 0 radical (unpaired) electrons. The Labute approximate surface area is 191 Å². The molecule has 2 aromatic rings. The van der Waals surface area contributed by atoms with Crippen molar-refractivity contribution in [2.75, 3.05) is 25.0 Å². The lowest BCUT2D eigenvalue weighted by atomic mass is 9.87. The van der Waals surface area contributed by atoms with Crippen LogP contribution in [0.2, 0.25) is 0 Å². The summed E-state index contributed by atoms with van der Waals surface area (Å²) in [5.74, 6) is 1.45. The summed E-state index contributed by atoms with van der Waals surface area (Å²) in [5, 5.41) is 2.88. The lowest BCUT2D eigenvalue weighted by Gasteiger charge is -2.31. The lowest BCUT2D eigenvalue weighted by molar-refractivity contribution is -0.134. The number of carbonyl (C=O) groups excluding carboxylic acids is 2. The van der Waals surface area contributed by atoms with Crippen LogP contribution in [0.5, 0.6) is 5.75 Å². The number of benzene rings is 1. The molecule has 3 rings (SSSR count). The number of ether oxygens (including phenoxy) is 1. The summed E-state index contributed by atoms with van der Waals surface area (Å²) in [6.45, 7) is 10.3. The first kappa shape index (κ1) is 23.8. The summed E-state index contributed by atoms with van der Waals surface area (Å²) in [5.41, 5.74) is 2.45. The number of anilines is 1. The fourth-order valence-electron chi connectivity index (χ4n) is 3.78. The molecule has 172 valence electrons. The number of rotatable bonds is 7. The van der Waals surface area contributed by atoms with Crippen molar-refractivity contribution >= 4 is 17.6 Å². The van der Waals surface area contributed by atoms with Crippen LogP contribution in [0.15, 0.2) is 42.6 Å². The van der Waals surface area contributed by atoms with Gasteiger partial charge in [0.05, 0.1) is 6.61 Å². The average Bonchev–Trinajstić information content (AvgIpc) is 2.78. The van der Waals surface area contributed by atoms with Crippen molar-refractivity contribution in [1.29, 1.82) is 0 Å². The molecule has 0 unspecified atom stereocenters. The van der Waals surface area contributed by atoms with E-state index >= 15 is 0 Å². The van der Waals surface area contributed by atoms with E-state index in [-0.39, 0.29) is 23.1 Å². The van der Waals surface area contributed by atoms with Gasteiger partial charge in [-0.05, 0) is 60.9 Å². The monoisotopic (exact) mass is 437 g/mol. The van der Waals surface area contributed by atoms with Gasteiger partial charge in [0.1, 0.15) is 11.6 Å². The molecular formula is C26H35N3O3. The number of aromatic nitrogens is 1. The van der Waals surface area contributed by atoms with Crippen molar-refractivity contribution in [2.45, 2.75) is 58.8 Å². The van der Waals surface area contributed by atoms with E-state index in [9.17, 15) is 9.59 Å². The van der Waals surface area contributed by atoms with Gasteiger partial charge < -0.3 is 15.0 Å². The molecule has 1 fully saturated rings. The van der Waals surface area contributed by atoms with Gasteiger partial charge in [-0.15, -0.1) is 0 Å². The highest BCUT2D eigenvalue weighted by atomic mass is 16.5. The quantitative estimate of drug-likeness (QED) is 0.636. The van der Waals surface area contributed by atoms with Gasteiger partial charge in [-0.2, -0.15) is 0 Å². The predicted molar refractivity (Wildman–Crippen MR) is 127 cm³/mol. The minimum atomic E-state index is -0.0819. The van der Waals surface area contributed by atoms with E-state index in [4.69, 9.17) is 4.74 Å². The molecular weight excluding hydrogens is 402 g/mol. The van der Waals surface area contributed by atoms with Crippen LogP contribution in [0.4, 0.5) is 5.82 Å². The number of nitrogens with one attached hydrogen (secondary N) is 1. The molecule has 0 bridgehead atoms. The lowest BCUT2D eigenvalue weighted by Crippen LogP contribution is -2.41. The number of hydrogen-bond donors (Lipinski definition) is 1. The van der Waals surface area contributed by atoms with E-state index in [0.717, 1.165) is 11.3 Å². The van der Waals surface area contributed by atoms with E-state index in [1.807, 2.05) is 36.1 Å². The Morgan fingerprint density at radius 1 is 1.09 bits per heavy atom. The summed E-state index contributed by atoms with van der Waals surface area (Å²) in [6.07, 6.45) is 4.24. The van der Waals surface area contributed by atoms with Gasteiger partial charge in [-0.25, -0.2) is 4.98 Å². The number of hydrogen-bond acceptors (Lipinski definition) is 4. The van der Waals surface area contributed by atoms with Crippen molar-refractivity contribution in [3.63, 3.8) is 0 Å². The van der Waals surface area contributed by atoms with Gasteiger partial charge in [0.15, 0.2) is 0 Å². The Bertz CT molecular complexity index is 893. The maximum atomic E-state index is 12.5. The van der Waals surface area contributed by atoms with Crippen LogP contribution >= 0.6 is 0 Å². The molecule has 6 heteroatoms. The highest BCUT2D eigenvalue weighted by Gasteiger charge is 2.27. The third-order valence-corrected chi connectivity index (χ3v) is 5.91. The van der Waals surface area contributed by atoms with Crippen molar-refractivity contribution in [1.82, 2.24) is 9.88 Å². The maximum absolute atomic E-state index is 12.5. The molecule has 0 saturated carbocycles. The van der Waals surface area contributed by atoms with Crippen molar-refractivity contribution in [2.24, 2.45) is 5.92 Å². The van der Waals surface area contributed by atoms with Crippen LogP contribution in [-0.4, -0.2) is 41.4 Å². The third-order valence-electron chi connectivity index (χ3n) is 5.91. The zero-order chi connectivity index (χ0) is 23.1. The third kappa shape index (κ3) is 6.81. The molecule has 1 N–H and O–H groups in total.